The van der Waals surface area contributed by atoms with Crippen LogP contribution in [0.2, 0.25) is 0 Å². The van der Waals surface area contributed by atoms with Crippen LogP contribution in [0, 0.1) is 0 Å². The van der Waals surface area contributed by atoms with E-state index in [0.717, 1.165) is 44.3 Å². The van der Waals surface area contributed by atoms with E-state index in [0.29, 0.717) is 5.56 Å². The fraction of sp³-hybridized carbons (Fsp3) is 0.0417. The van der Waals surface area contributed by atoms with Crippen LogP contribution >= 0.6 is 0 Å². The van der Waals surface area contributed by atoms with Gasteiger partial charge in [-0.1, -0.05) is 18.2 Å². The number of nitrogens with two attached hydrogens (primary N) is 1. The molecule has 5 aromatic rings. The Hall–Kier alpha value is -3.99. The summed E-state index contributed by atoms with van der Waals surface area (Å²) in [7, 11) is 1.99. The van der Waals surface area contributed by atoms with Gasteiger partial charge in [0.1, 0.15) is 0 Å². The molecule has 0 spiro atoms. The molecule has 2 aromatic heterocycles. The highest BCUT2D eigenvalue weighted by molar-refractivity contribution is 6.07. The number of nitrogen functional groups attached to an aromatic ring is 1. The average Bonchev–Trinajstić information content (AvgIpc) is 3.32. The van der Waals surface area contributed by atoms with E-state index in [1.54, 1.807) is 0 Å². The molecule has 3 aromatic carbocycles. The maximum atomic E-state index is 12.7. The van der Waals surface area contributed by atoms with Crippen molar-refractivity contribution in [2.24, 2.45) is 7.05 Å². The number of benzene rings is 3. The minimum Gasteiger partial charge on any atom is -0.399 e. The van der Waals surface area contributed by atoms with Crippen molar-refractivity contribution in [3.63, 3.8) is 0 Å². The van der Waals surface area contributed by atoms with Gasteiger partial charge < -0.3 is 20.6 Å². The number of aromatic amines is 1. The number of nitrogens with one attached hydrogen (secondary N) is 2. The topological polar surface area (TPSA) is 75.8 Å². The smallest absolute Gasteiger partial charge is 0.255 e. The largest absolute Gasteiger partial charge is 0.399 e. The Morgan fingerprint density at radius 2 is 1.83 bits per heavy atom. The van der Waals surface area contributed by atoms with Crippen molar-refractivity contribution in [3.8, 4) is 11.1 Å². The summed E-state index contributed by atoms with van der Waals surface area (Å²) in [6.45, 7) is 0. The first-order chi connectivity index (χ1) is 14.1. The number of aromatic nitrogens is 2. The molecule has 0 aliphatic carbocycles. The molecule has 1 amide bonds. The van der Waals surface area contributed by atoms with Crippen molar-refractivity contribution in [1.82, 2.24) is 9.55 Å². The second-order valence-electron chi connectivity index (χ2n) is 7.24. The molecule has 0 aliphatic rings. The Labute approximate surface area is 167 Å². The van der Waals surface area contributed by atoms with E-state index in [2.05, 4.69) is 10.3 Å². The van der Waals surface area contributed by atoms with E-state index in [1.807, 2.05) is 90.7 Å². The van der Waals surface area contributed by atoms with Gasteiger partial charge in [0, 0.05) is 63.7 Å². The number of H-pyrrole nitrogens is 1. The highest BCUT2D eigenvalue weighted by Gasteiger charge is 2.11. The molecule has 5 rings (SSSR count). The van der Waals surface area contributed by atoms with Gasteiger partial charge >= 0.3 is 0 Å². The molecule has 0 fully saturated rings. The van der Waals surface area contributed by atoms with Gasteiger partial charge in [-0.25, -0.2) is 0 Å². The Balaban J connectivity index is 1.43. The minimum absolute atomic E-state index is 0.125. The minimum atomic E-state index is -0.125. The molecule has 2 heterocycles. The number of hydrogen-bond donors (Lipinski definition) is 3. The summed E-state index contributed by atoms with van der Waals surface area (Å²) in [5.74, 6) is -0.125. The van der Waals surface area contributed by atoms with E-state index < -0.39 is 0 Å². The molecule has 4 N–H and O–H groups in total. The summed E-state index contributed by atoms with van der Waals surface area (Å²) in [5.41, 5.74) is 12.2. The van der Waals surface area contributed by atoms with Crippen LogP contribution < -0.4 is 11.1 Å². The molecule has 142 valence electrons. The molecular formula is C24H20N4O. The fourth-order valence-electron chi connectivity index (χ4n) is 3.73. The van der Waals surface area contributed by atoms with E-state index in [4.69, 9.17) is 5.73 Å². The van der Waals surface area contributed by atoms with Gasteiger partial charge in [-0.15, -0.1) is 0 Å². The zero-order valence-electron chi connectivity index (χ0n) is 15.9. The average molecular weight is 380 g/mol. The van der Waals surface area contributed by atoms with Crippen molar-refractivity contribution < 1.29 is 4.79 Å². The summed E-state index contributed by atoms with van der Waals surface area (Å²) in [6, 6.07) is 21.5. The van der Waals surface area contributed by atoms with Crippen molar-refractivity contribution >= 4 is 39.1 Å². The summed E-state index contributed by atoms with van der Waals surface area (Å²) in [4.78, 5) is 16.0. The summed E-state index contributed by atoms with van der Waals surface area (Å²) in [5, 5.41) is 5.14. The van der Waals surface area contributed by atoms with Crippen molar-refractivity contribution in [1.29, 1.82) is 0 Å². The monoisotopic (exact) mass is 380 g/mol. The maximum Gasteiger partial charge on any atom is 0.255 e. The second kappa shape index (κ2) is 6.56. The van der Waals surface area contributed by atoms with Crippen LogP contribution in [-0.4, -0.2) is 15.5 Å². The van der Waals surface area contributed by atoms with Crippen molar-refractivity contribution in [3.05, 3.63) is 84.7 Å². The summed E-state index contributed by atoms with van der Waals surface area (Å²) >= 11 is 0. The van der Waals surface area contributed by atoms with E-state index in [-0.39, 0.29) is 5.91 Å². The number of carbonyl (C=O) groups excluding carboxylic acids is 1. The number of fused-ring (bicyclic) bond motifs is 2. The van der Waals surface area contributed by atoms with Gasteiger partial charge in [0.25, 0.3) is 5.91 Å². The molecule has 0 radical (unpaired) electrons. The molecule has 29 heavy (non-hydrogen) atoms. The van der Waals surface area contributed by atoms with Crippen LogP contribution in [0.25, 0.3) is 32.9 Å². The quantitative estimate of drug-likeness (QED) is 0.378. The Morgan fingerprint density at radius 3 is 2.66 bits per heavy atom. The number of amides is 1. The first-order valence-corrected chi connectivity index (χ1v) is 9.42. The predicted molar refractivity (Wildman–Crippen MR) is 119 cm³/mol. The third kappa shape index (κ3) is 3.02. The third-order valence-corrected chi connectivity index (χ3v) is 5.31. The second-order valence-corrected chi connectivity index (χ2v) is 7.24. The van der Waals surface area contributed by atoms with Crippen LogP contribution in [0.5, 0.6) is 0 Å². The van der Waals surface area contributed by atoms with Crippen molar-refractivity contribution in [2.75, 3.05) is 11.1 Å². The summed E-state index contributed by atoms with van der Waals surface area (Å²) < 4.78 is 2.04. The van der Waals surface area contributed by atoms with Crippen LogP contribution in [-0.2, 0) is 7.05 Å². The molecule has 5 heteroatoms. The number of nitrogens with zero attached hydrogens (tertiary/aromatic N) is 1. The number of carbonyl (C=O) groups is 1. The van der Waals surface area contributed by atoms with Gasteiger partial charge in [-0.3, -0.25) is 4.79 Å². The fourth-order valence-corrected chi connectivity index (χ4v) is 3.73. The number of anilines is 2. The van der Waals surface area contributed by atoms with Gasteiger partial charge in [-0.05, 0) is 54.1 Å². The van der Waals surface area contributed by atoms with E-state index in [1.165, 1.54) is 0 Å². The Kier molecular flexibility index (Phi) is 3.88. The number of hydrogen-bond acceptors (Lipinski definition) is 2. The highest BCUT2D eigenvalue weighted by atomic mass is 16.1. The van der Waals surface area contributed by atoms with Crippen LogP contribution in [0.4, 0.5) is 11.4 Å². The Bertz CT molecular complexity index is 1360. The first-order valence-electron chi connectivity index (χ1n) is 9.42. The lowest BCUT2D eigenvalue weighted by Crippen LogP contribution is -2.11. The third-order valence-electron chi connectivity index (χ3n) is 5.31. The lowest BCUT2D eigenvalue weighted by molar-refractivity contribution is 0.102. The van der Waals surface area contributed by atoms with E-state index >= 15 is 0 Å². The van der Waals surface area contributed by atoms with E-state index in [9.17, 15) is 4.79 Å². The van der Waals surface area contributed by atoms with Gasteiger partial charge in [-0.2, -0.15) is 0 Å². The van der Waals surface area contributed by atoms with Crippen LogP contribution in [0.3, 0.4) is 0 Å². The molecule has 5 nitrogen and oxygen atoms in total. The zero-order valence-corrected chi connectivity index (χ0v) is 15.9. The van der Waals surface area contributed by atoms with Crippen LogP contribution in [0.15, 0.2) is 79.1 Å². The number of rotatable bonds is 3. The molecule has 0 aliphatic heterocycles. The normalized spacial score (nSPS) is 11.2. The highest BCUT2D eigenvalue weighted by Crippen LogP contribution is 2.31. The lowest BCUT2D eigenvalue weighted by Gasteiger charge is -2.07. The van der Waals surface area contributed by atoms with Gasteiger partial charge in [0.05, 0.1) is 0 Å². The molecule has 0 bridgehead atoms. The SMILES string of the molecule is Cn1ccc2cc(C(=O)Nc3ccc4c(-c5ccc(N)cc5)c[nH]c4c3)ccc21. The molecular weight excluding hydrogens is 360 g/mol. The molecule has 0 saturated carbocycles. The molecule has 0 saturated heterocycles. The van der Waals surface area contributed by atoms with Crippen LogP contribution in [0.1, 0.15) is 10.4 Å². The first kappa shape index (κ1) is 17.1. The summed E-state index contributed by atoms with van der Waals surface area (Å²) in [6.07, 6.45) is 3.97. The Morgan fingerprint density at radius 1 is 1.00 bits per heavy atom. The lowest BCUT2D eigenvalue weighted by atomic mass is 10.0. The maximum absolute atomic E-state index is 12.7. The molecule has 0 unspecified atom stereocenters. The standard InChI is InChI=1S/C24H20N4O/c1-28-11-10-16-12-17(4-9-23(16)28)24(29)27-19-7-8-20-21(14-26-22(20)13-19)15-2-5-18(25)6-3-15/h2-14,26H,25H2,1H3,(H,27,29). The van der Waals surface area contributed by atoms with Gasteiger partial charge in [0.2, 0.25) is 0 Å². The predicted octanol–water partition coefficient (Wildman–Crippen LogP) is 5.16. The number of aryl methyl sites for hydroxylation is 1. The van der Waals surface area contributed by atoms with Crippen molar-refractivity contribution in [2.45, 2.75) is 0 Å². The zero-order chi connectivity index (χ0) is 20.0. The molecule has 0 atom stereocenters. The van der Waals surface area contributed by atoms with Gasteiger partial charge in [0.15, 0.2) is 0 Å².